The van der Waals surface area contributed by atoms with E-state index in [0.717, 1.165) is 11.1 Å². The van der Waals surface area contributed by atoms with Crippen LogP contribution in [0.4, 0.5) is 10.3 Å². The van der Waals surface area contributed by atoms with Crippen molar-refractivity contribution >= 4 is 50.4 Å². The van der Waals surface area contributed by atoms with E-state index in [9.17, 15) is 18.8 Å². The van der Waals surface area contributed by atoms with Crippen molar-refractivity contribution in [2.24, 2.45) is 0 Å². The number of nitrogens with one attached hydrogen (secondary N) is 1. The molecule has 1 aromatic carbocycles. The molecule has 194 valence electrons. The lowest BCUT2D eigenvalue weighted by Crippen LogP contribution is -2.44. The van der Waals surface area contributed by atoms with E-state index in [1.807, 2.05) is 18.2 Å². The van der Waals surface area contributed by atoms with Crippen LogP contribution < -0.4 is 5.32 Å². The van der Waals surface area contributed by atoms with Gasteiger partial charge in [-0.15, -0.1) is 0 Å². The van der Waals surface area contributed by atoms with E-state index in [0.29, 0.717) is 27.4 Å². The fourth-order valence-electron chi connectivity index (χ4n) is 4.64. The maximum Gasteiger partial charge on any atom is 0.249 e. The predicted octanol–water partition coefficient (Wildman–Crippen LogP) is 3.35. The van der Waals surface area contributed by atoms with E-state index in [-0.39, 0.29) is 31.2 Å². The van der Waals surface area contributed by atoms with Crippen LogP contribution in [-0.4, -0.2) is 65.8 Å². The molecule has 4 aromatic rings. The summed E-state index contributed by atoms with van der Waals surface area (Å²) < 4.78 is 16.7. The number of halogens is 2. The smallest absolute Gasteiger partial charge is 0.249 e. The normalized spacial score (nSPS) is 17.1. The number of nitrogens with zero attached hydrogens (tertiary/aromatic N) is 6. The second-order valence-electron chi connectivity index (χ2n) is 9.11. The zero-order valence-electron chi connectivity index (χ0n) is 20.3. The number of carbonyl (C=O) groups excluding carboxylic acids is 3. The lowest BCUT2D eigenvalue weighted by molar-refractivity contribution is -0.137. The molecular weight excluding hydrogens is 557 g/mol. The van der Waals surface area contributed by atoms with Crippen LogP contribution in [0.5, 0.6) is 0 Å². The van der Waals surface area contributed by atoms with Crippen molar-refractivity contribution in [3.63, 3.8) is 0 Å². The Balaban J connectivity index is 1.37. The zero-order valence-corrected chi connectivity index (χ0v) is 21.9. The average molecular weight is 580 g/mol. The topological polar surface area (TPSA) is 123 Å². The van der Waals surface area contributed by atoms with Crippen LogP contribution in [-0.2, 0) is 22.6 Å². The Morgan fingerprint density at radius 1 is 1.11 bits per heavy atom. The molecule has 5 rings (SSSR count). The SMILES string of the molecule is CC(=O)c1cn(CC(=O)N2C[C@H](F)C[C@H]2C(=O)Nc2ncc(Br)cn2)c2ccc(Cc3cncnc3)cc12. The Morgan fingerprint density at radius 3 is 2.55 bits per heavy atom. The summed E-state index contributed by atoms with van der Waals surface area (Å²) in [5, 5.41) is 3.27. The predicted molar refractivity (Wildman–Crippen MR) is 140 cm³/mol. The maximum absolute atomic E-state index is 14.4. The second-order valence-corrected chi connectivity index (χ2v) is 10.0. The summed E-state index contributed by atoms with van der Waals surface area (Å²) in [6.45, 7) is 1.12. The number of aromatic nitrogens is 5. The molecule has 0 unspecified atom stereocenters. The number of benzene rings is 1. The van der Waals surface area contributed by atoms with Crippen LogP contribution in [0, 0.1) is 0 Å². The summed E-state index contributed by atoms with van der Waals surface area (Å²) >= 11 is 3.22. The largest absolute Gasteiger partial charge is 0.337 e. The minimum absolute atomic E-state index is 0.0632. The molecule has 1 saturated heterocycles. The first kappa shape index (κ1) is 25.6. The van der Waals surface area contributed by atoms with E-state index in [1.165, 1.54) is 30.5 Å². The molecule has 1 aliphatic rings. The van der Waals surface area contributed by atoms with Crippen molar-refractivity contribution in [1.82, 2.24) is 29.4 Å². The van der Waals surface area contributed by atoms with E-state index in [2.05, 4.69) is 41.2 Å². The summed E-state index contributed by atoms with van der Waals surface area (Å²) in [7, 11) is 0. The quantitative estimate of drug-likeness (QED) is 0.333. The number of ketones is 1. The molecule has 2 amide bonds. The van der Waals surface area contributed by atoms with Crippen LogP contribution in [0.1, 0.15) is 34.8 Å². The minimum Gasteiger partial charge on any atom is -0.337 e. The molecule has 0 saturated carbocycles. The molecule has 2 atom stereocenters. The Bertz CT molecular complexity index is 1510. The van der Waals surface area contributed by atoms with E-state index < -0.39 is 24.0 Å². The summed E-state index contributed by atoms with van der Waals surface area (Å²) in [5.41, 5.74) is 3.06. The standard InChI is InChI=1S/C26H23BrFN7O3/c1-15(36)21-12-34(22-3-2-16(5-20(21)22)4-17-7-29-14-30-8-17)13-24(37)35-11-19(28)6-23(35)25(38)33-26-31-9-18(27)10-32-26/h2-3,5,7-10,12,14,19,23H,4,6,11,13H2,1H3,(H,31,32,33,38)/t19-,23+/m1/s1. The number of hydrogen-bond acceptors (Lipinski definition) is 7. The van der Waals surface area contributed by atoms with Crippen molar-refractivity contribution in [3.05, 3.63) is 76.7 Å². The van der Waals surface area contributed by atoms with Gasteiger partial charge in [0.1, 0.15) is 25.1 Å². The molecule has 0 bridgehead atoms. The lowest BCUT2D eigenvalue weighted by atomic mass is 10.0. The van der Waals surface area contributed by atoms with Gasteiger partial charge in [0.05, 0.1) is 11.0 Å². The highest BCUT2D eigenvalue weighted by atomic mass is 79.9. The lowest BCUT2D eigenvalue weighted by Gasteiger charge is -2.23. The average Bonchev–Trinajstić information content (AvgIpc) is 3.47. The minimum atomic E-state index is -1.33. The third-order valence-corrected chi connectivity index (χ3v) is 6.79. The van der Waals surface area contributed by atoms with Gasteiger partial charge in [-0.3, -0.25) is 19.7 Å². The van der Waals surface area contributed by atoms with Gasteiger partial charge in [0.25, 0.3) is 0 Å². The van der Waals surface area contributed by atoms with Crippen molar-refractivity contribution in [3.8, 4) is 0 Å². The van der Waals surface area contributed by atoms with E-state index in [4.69, 9.17) is 0 Å². The van der Waals surface area contributed by atoms with Gasteiger partial charge in [-0.1, -0.05) is 6.07 Å². The monoisotopic (exact) mass is 579 g/mol. The van der Waals surface area contributed by atoms with Crippen LogP contribution in [0.15, 0.2) is 60.0 Å². The highest BCUT2D eigenvalue weighted by Crippen LogP contribution is 2.27. The van der Waals surface area contributed by atoms with Crippen molar-refractivity contribution in [2.75, 3.05) is 11.9 Å². The molecule has 1 N–H and O–H groups in total. The Morgan fingerprint density at radius 2 is 1.84 bits per heavy atom. The number of rotatable bonds is 7. The number of amides is 2. The van der Waals surface area contributed by atoms with E-state index in [1.54, 1.807) is 23.2 Å². The first-order valence-corrected chi connectivity index (χ1v) is 12.7. The summed E-state index contributed by atoms with van der Waals surface area (Å²) in [6, 6.07) is 4.69. The molecule has 0 aliphatic carbocycles. The zero-order chi connectivity index (χ0) is 26.8. The summed E-state index contributed by atoms with van der Waals surface area (Å²) in [4.78, 5) is 55.9. The van der Waals surface area contributed by atoms with Crippen molar-refractivity contribution in [1.29, 1.82) is 0 Å². The number of alkyl halides is 1. The molecule has 0 radical (unpaired) electrons. The summed E-state index contributed by atoms with van der Waals surface area (Å²) in [5.74, 6) is -1.07. The molecule has 1 fully saturated rings. The first-order chi connectivity index (χ1) is 18.3. The molecule has 12 heteroatoms. The number of hydrogen-bond donors (Lipinski definition) is 1. The third-order valence-electron chi connectivity index (χ3n) is 6.38. The highest BCUT2D eigenvalue weighted by Gasteiger charge is 2.40. The third kappa shape index (κ3) is 5.44. The maximum atomic E-state index is 14.4. The van der Waals surface area contributed by atoms with Crippen LogP contribution >= 0.6 is 15.9 Å². The first-order valence-electron chi connectivity index (χ1n) is 11.9. The van der Waals surface area contributed by atoms with Gasteiger partial charge in [-0.25, -0.2) is 24.3 Å². The van der Waals surface area contributed by atoms with Crippen LogP contribution in [0.25, 0.3) is 10.9 Å². The van der Waals surface area contributed by atoms with Gasteiger partial charge >= 0.3 is 0 Å². The van der Waals surface area contributed by atoms with Gasteiger partial charge in [0, 0.05) is 60.3 Å². The second kappa shape index (κ2) is 10.7. The molecular formula is C26H23BrFN7O3. The number of Topliss-reactive ketones (excluding diaryl/α,β-unsaturated/α-hetero) is 1. The van der Waals surface area contributed by atoms with Gasteiger partial charge in [-0.2, -0.15) is 0 Å². The highest BCUT2D eigenvalue weighted by molar-refractivity contribution is 9.10. The van der Waals surface area contributed by atoms with Crippen molar-refractivity contribution < 1.29 is 18.8 Å². The Hall–Kier alpha value is -4.06. The molecule has 3 aromatic heterocycles. The molecule has 4 heterocycles. The Labute approximate surface area is 225 Å². The fourth-order valence-corrected chi connectivity index (χ4v) is 4.84. The van der Waals surface area contributed by atoms with E-state index >= 15 is 0 Å². The van der Waals surface area contributed by atoms with Gasteiger partial charge in [0.2, 0.25) is 17.8 Å². The van der Waals surface area contributed by atoms with Gasteiger partial charge in [0.15, 0.2) is 5.78 Å². The number of anilines is 1. The van der Waals surface area contributed by atoms with Crippen LogP contribution in [0.2, 0.25) is 0 Å². The Kier molecular flexibility index (Phi) is 7.23. The van der Waals surface area contributed by atoms with Crippen LogP contribution in [0.3, 0.4) is 0 Å². The van der Waals surface area contributed by atoms with Gasteiger partial charge in [-0.05, 0) is 46.1 Å². The van der Waals surface area contributed by atoms with Gasteiger partial charge < -0.3 is 9.47 Å². The molecule has 38 heavy (non-hydrogen) atoms. The summed E-state index contributed by atoms with van der Waals surface area (Å²) in [6.07, 6.45) is 8.64. The fraction of sp³-hybridized carbons (Fsp3) is 0.269. The molecule has 0 spiro atoms. The number of carbonyl (C=O) groups is 3. The number of likely N-dealkylation sites (tertiary alicyclic amines) is 1. The van der Waals surface area contributed by atoms with Crippen molar-refractivity contribution in [2.45, 2.75) is 38.5 Å². The number of fused-ring (bicyclic) bond motifs is 1. The molecule has 1 aliphatic heterocycles. The molecule has 10 nitrogen and oxygen atoms in total.